The van der Waals surface area contributed by atoms with Crippen LogP contribution in [0.2, 0.25) is 0 Å². The average Bonchev–Trinajstić information content (AvgIpc) is 3.21. The number of carbonyl (C=O) groups excluding carboxylic acids is 1. The number of sulfonamides is 1. The predicted octanol–water partition coefficient (Wildman–Crippen LogP) is 1.12. The Balaban J connectivity index is 1.53. The summed E-state index contributed by atoms with van der Waals surface area (Å²) >= 11 is 0. The lowest BCUT2D eigenvalue weighted by Crippen LogP contribution is -2.55. The number of hydrogen-bond acceptors (Lipinski definition) is 4. The highest BCUT2D eigenvalue weighted by Crippen LogP contribution is 2.34. The van der Waals surface area contributed by atoms with E-state index < -0.39 is 10.0 Å². The van der Waals surface area contributed by atoms with Gasteiger partial charge >= 0.3 is 0 Å². The molecule has 2 aliphatic rings. The van der Waals surface area contributed by atoms with Gasteiger partial charge in [0.05, 0.1) is 11.2 Å². The quantitative estimate of drug-likeness (QED) is 0.881. The van der Waals surface area contributed by atoms with Crippen molar-refractivity contribution in [3.63, 3.8) is 0 Å². The Morgan fingerprint density at radius 1 is 1.18 bits per heavy atom. The summed E-state index contributed by atoms with van der Waals surface area (Å²) in [6, 6.07) is 7.57. The van der Waals surface area contributed by atoms with E-state index in [1.165, 1.54) is 4.31 Å². The molecule has 0 unspecified atom stereocenters. The maximum absolute atomic E-state index is 12.1. The minimum Gasteiger partial charge on any atom is -0.378 e. The number of rotatable bonds is 5. The third-order valence-corrected chi connectivity index (χ3v) is 6.51. The first-order chi connectivity index (χ1) is 10.4. The van der Waals surface area contributed by atoms with Crippen LogP contribution in [0, 0.1) is 5.92 Å². The van der Waals surface area contributed by atoms with E-state index >= 15 is 0 Å². The standard InChI is InChI=1S/C15H21N3O3S/c1-17(2)13-5-3-12(4-6-13)16-15(19)11-9-18(10-11)22(20,21)14-7-8-14/h3-6,11,14H,7-10H2,1-2H3,(H,16,19). The van der Waals surface area contributed by atoms with Crippen LogP contribution in [0.15, 0.2) is 24.3 Å². The Bertz CT molecular complexity index is 660. The largest absolute Gasteiger partial charge is 0.378 e. The Hall–Kier alpha value is -1.60. The van der Waals surface area contributed by atoms with Crippen LogP contribution in [-0.2, 0) is 14.8 Å². The van der Waals surface area contributed by atoms with Gasteiger partial charge in [-0.3, -0.25) is 4.79 Å². The fraction of sp³-hybridized carbons (Fsp3) is 0.533. The van der Waals surface area contributed by atoms with Gasteiger partial charge in [-0.05, 0) is 37.1 Å². The highest BCUT2D eigenvalue weighted by Gasteiger charge is 2.46. The van der Waals surface area contributed by atoms with Crippen LogP contribution in [-0.4, -0.2) is 51.1 Å². The lowest BCUT2D eigenvalue weighted by molar-refractivity contribution is -0.122. The Labute approximate surface area is 131 Å². The zero-order chi connectivity index (χ0) is 15.9. The van der Waals surface area contributed by atoms with Crippen molar-refractivity contribution in [2.75, 3.05) is 37.4 Å². The smallest absolute Gasteiger partial charge is 0.230 e. The van der Waals surface area contributed by atoms with Gasteiger partial charge in [-0.25, -0.2) is 8.42 Å². The molecule has 0 atom stereocenters. The summed E-state index contributed by atoms with van der Waals surface area (Å²) in [5, 5.41) is 2.65. The summed E-state index contributed by atoms with van der Waals surface area (Å²) in [7, 11) is 0.775. The van der Waals surface area contributed by atoms with E-state index in [9.17, 15) is 13.2 Å². The van der Waals surface area contributed by atoms with Crippen molar-refractivity contribution >= 4 is 27.3 Å². The molecule has 1 heterocycles. The van der Waals surface area contributed by atoms with Crippen molar-refractivity contribution < 1.29 is 13.2 Å². The van der Waals surface area contributed by atoms with E-state index in [-0.39, 0.29) is 17.1 Å². The van der Waals surface area contributed by atoms with Crippen LogP contribution in [0.5, 0.6) is 0 Å². The molecule has 6 nitrogen and oxygen atoms in total. The molecule has 1 aliphatic carbocycles. The molecular weight excluding hydrogens is 302 g/mol. The number of benzene rings is 1. The molecule has 0 spiro atoms. The molecular formula is C15H21N3O3S. The van der Waals surface area contributed by atoms with Crippen molar-refractivity contribution in [3.8, 4) is 0 Å². The van der Waals surface area contributed by atoms with Gasteiger partial charge in [-0.1, -0.05) is 0 Å². The molecule has 0 bridgehead atoms. The van der Waals surface area contributed by atoms with Crippen LogP contribution in [0.3, 0.4) is 0 Å². The van der Waals surface area contributed by atoms with Crippen molar-refractivity contribution in [2.45, 2.75) is 18.1 Å². The summed E-state index contributed by atoms with van der Waals surface area (Å²) in [5.74, 6) is -0.359. The van der Waals surface area contributed by atoms with E-state index in [4.69, 9.17) is 0 Å². The fourth-order valence-corrected chi connectivity index (χ4v) is 4.40. The van der Waals surface area contributed by atoms with E-state index in [1.807, 2.05) is 43.3 Å². The first kappa shape index (κ1) is 15.3. The van der Waals surface area contributed by atoms with Crippen LogP contribution < -0.4 is 10.2 Å². The van der Waals surface area contributed by atoms with Crippen LogP contribution in [0.1, 0.15) is 12.8 Å². The van der Waals surface area contributed by atoms with Gasteiger partial charge in [0.15, 0.2) is 0 Å². The van der Waals surface area contributed by atoms with Gasteiger partial charge in [0, 0.05) is 38.6 Å². The van der Waals surface area contributed by atoms with E-state index in [0.29, 0.717) is 13.1 Å². The zero-order valence-electron chi connectivity index (χ0n) is 12.8. The summed E-state index contributed by atoms with van der Waals surface area (Å²) in [5.41, 5.74) is 1.79. The molecule has 1 N–H and O–H groups in total. The van der Waals surface area contributed by atoms with E-state index in [2.05, 4.69) is 5.32 Å². The third-order valence-electron chi connectivity index (χ3n) is 4.18. The molecule has 1 aromatic carbocycles. The SMILES string of the molecule is CN(C)c1ccc(NC(=O)C2CN(S(=O)(=O)C3CC3)C2)cc1. The molecule has 1 saturated carbocycles. The first-order valence-corrected chi connectivity index (χ1v) is 8.95. The average molecular weight is 323 g/mol. The van der Waals surface area contributed by atoms with Gasteiger partial charge in [0.2, 0.25) is 15.9 Å². The maximum atomic E-state index is 12.1. The molecule has 3 rings (SSSR count). The van der Waals surface area contributed by atoms with Gasteiger partial charge in [0.1, 0.15) is 0 Å². The topological polar surface area (TPSA) is 69.7 Å². The Morgan fingerprint density at radius 2 is 1.77 bits per heavy atom. The van der Waals surface area contributed by atoms with Crippen LogP contribution in [0.25, 0.3) is 0 Å². The van der Waals surface area contributed by atoms with E-state index in [1.54, 1.807) is 0 Å². The fourth-order valence-electron chi connectivity index (χ4n) is 2.48. The number of anilines is 2. The van der Waals surface area contributed by atoms with Gasteiger partial charge in [-0.2, -0.15) is 4.31 Å². The molecule has 2 fully saturated rings. The molecule has 1 amide bonds. The maximum Gasteiger partial charge on any atom is 0.230 e. The third kappa shape index (κ3) is 2.96. The second-order valence-electron chi connectivity index (χ2n) is 6.19. The molecule has 1 aromatic rings. The highest BCUT2D eigenvalue weighted by molar-refractivity contribution is 7.90. The summed E-state index contributed by atoms with van der Waals surface area (Å²) in [6.45, 7) is 0.612. The Morgan fingerprint density at radius 3 is 2.27 bits per heavy atom. The normalized spacial score (nSPS) is 19.5. The number of nitrogens with zero attached hydrogens (tertiary/aromatic N) is 2. The monoisotopic (exact) mass is 323 g/mol. The van der Waals surface area contributed by atoms with Crippen LogP contribution >= 0.6 is 0 Å². The van der Waals surface area contributed by atoms with Crippen molar-refractivity contribution in [1.82, 2.24) is 4.31 Å². The second kappa shape index (κ2) is 5.55. The number of carbonyl (C=O) groups is 1. The van der Waals surface area contributed by atoms with Crippen LogP contribution in [0.4, 0.5) is 11.4 Å². The minimum absolute atomic E-state index is 0.111. The number of amides is 1. The van der Waals surface area contributed by atoms with Gasteiger partial charge in [-0.15, -0.1) is 0 Å². The molecule has 1 aliphatic heterocycles. The number of hydrogen-bond donors (Lipinski definition) is 1. The zero-order valence-corrected chi connectivity index (χ0v) is 13.6. The number of nitrogens with one attached hydrogen (secondary N) is 1. The molecule has 120 valence electrons. The molecule has 0 radical (unpaired) electrons. The first-order valence-electron chi connectivity index (χ1n) is 7.45. The predicted molar refractivity (Wildman–Crippen MR) is 86.4 cm³/mol. The molecule has 1 saturated heterocycles. The van der Waals surface area contributed by atoms with Gasteiger partial charge in [0.25, 0.3) is 0 Å². The molecule has 22 heavy (non-hydrogen) atoms. The van der Waals surface area contributed by atoms with Crippen molar-refractivity contribution in [3.05, 3.63) is 24.3 Å². The van der Waals surface area contributed by atoms with Gasteiger partial charge < -0.3 is 10.2 Å². The summed E-state index contributed by atoms with van der Waals surface area (Å²) in [6.07, 6.45) is 1.52. The van der Waals surface area contributed by atoms with Crippen molar-refractivity contribution in [2.24, 2.45) is 5.92 Å². The summed E-state index contributed by atoms with van der Waals surface area (Å²) in [4.78, 5) is 14.1. The minimum atomic E-state index is -3.14. The van der Waals surface area contributed by atoms with E-state index in [0.717, 1.165) is 24.2 Å². The molecule has 7 heteroatoms. The second-order valence-corrected chi connectivity index (χ2v) is 8.40. The van der Waals surface area contributed by atoms with Crippen molar-refractivity contribution in [1.29, 1.82) is 0 Å². The highest BCUT2D eigenvalue weighted by atomic mass is 32.2. The molecule has 0 aromatic heterocycles. The lowest BCUT2D eigenvalue weighted by Gasteiger charge is -2.37. The summed E-state index contributed by atoms with van der Waals surface area (Å²) < 4.78 is 25.4. The lowest BCUT2D eigenvalue weighted by atomic mass is 10.0. The Kier molecular flexibility index (Phi) is 3.86.